The molecule has 2 N–H and O–H groups in total. The molecule has 0 unspecified atom stereocenters. The van der Waals surface area contributed by atoms with E-state index in [2.05, 4.69) is 34.4 Å². The first-order valence-electron chi connectivity index (χ1n) is 8.91. The highest BCUT2D eigenvalue weighted by Gasteiger charge is 2.50. The number of hydrogen-bond acceptors (Lipinski definition) is 4. The number of aliphatic imine (C=N–C) groups is 1. The molecule has 0 atom stereocenters. The molecule has 0 saturated carbocycles. The quantitative estimate of drug-likeness (QED) is 0.285. The van der Waals surface area contributed by atoms with E-state index in [0.717, 1.165) is 26.1 Å². The molecule has 27 heavy (non-hydrogen) atoms. The Morgan fingerprint density at radius 2 is 1.81 bits per heavy atom. The zero-order valence-corrected chi connectivity index (χ0v) is 19.2. The maximum absolute atomic E-state index is 12.6. The predicted octanol–water partition coefficient (Wildman–Crippen LogP) is 1.82. The third-order valence-electron chi connectivity index (χ3n) is 4.36. The van der Waals surface area contributed by atoms with Crippen LogP contribution in [0.4, 0.5) is 13.2 Å². The summed E-state index contributed by atoms with van der Waals surface area (Å²) in [5.74, 6) is 0.578. The number of halogens is 4. The maximum atomic E-state index is 12.6. The average molecular weight is 529 g/mol. The molecule has 1 rings (SSSR count). The summed E-state index contributed by atoms with van der Waals surface area (Å²) in [6, 6.07) is -0.112. The first-order chi connectivity index (χ1) is 12.2. The van der Waals surface area contributed by atoms with E-state index < -0.39 is 15.5 Å². The molecule has 12 heteroatoms. The number of hydrogen-bond donors (Lipinski definition) is 2. The standard InChI is InChI=1S/C15H30F3N5O2S.HI/c1-4-9-22(5-2)12-8-20-14(19-3)21-13-6-10-23(11-7-13)26(24,25)15(16,17)18;/h13H,4-12H2,1-3H3,(H2,19,20,21);1H. The Bertz CT molecular complexity index is 552. The number of piperidine rings is 1. The first kappa shape index (κ1) is 26.7. The molecule has 1 aliphatic heterocycles. The smallest absolute Gasteiger partial charge is 0.355 e. The van der Waals surface area contributed by atoms with E-state index in [9.17, 15) is 21.6 Å². The molecule has 1 fully saturated rings. The Morgan fingerprint density at radius 3 is 2.26 bits per heavy atom. The zero-order valence-electron chi connectivity index (χ0n) is 16.0. The van der Waals surface area contributed by atoms with Crippen molar-refractivity contribution in [2.24, 2.45) is 4.99 Å². The Kier molecular flexibility index (Phi) is 12.1. The molecule has 7 nitrogen and oxygen atoms in total. The summed E-state index contributed by atoms with van der Waals surface area (Å²) in [6.45, 7) is 7.48. The van der Waals surface area contributed by atoms with Crippen molar-refractivity contribution in [1.29, 1.82) is 0 Å². The van der Waals surface area contributed by atoms with E-state index in [0.29, 0.717) is 29.7 Å². The van der Waals surface area contributed by atoms with Gasteiger partial charge in [-0.1, -0.05) is 13.8 Å². The van der Waals surface area contributed by atoms with Crippen LogP contribution in [-0.4, -0.2) is 81.4 Å². The summed E-state index contributed by atoms with van der Waals surface area (Å²) in [5.41, 5.74) is -5.24. The van der Waals surface area contributed by atoms with Gasteiger partial charge in [-0.15, -0.1) is 24.0 Å². The molecule has 1 heterocycles. The second kappa shape index (κ2) is 12.3. The lowest BCUT2D eigenvalue weighted by atomic mass is 10.1. The molecule has 1 aliphatic rings. The highest BCUT2D eigenvalue weighted by atomic mass is 127. The minimum absolute atomic E-state index is 0. The Morgan fingerprint density at radius 1 is 1.22 bits per heavy atom. The summed E-state index contributed by atoms with van der Waals surface area (Å²) >= 11 is 0. The van der Waals surface area contributed by atoms with Crippen LogP contribution in [0.5, 0.6) is 0 Å². The van der Waals surface area contributed by atoms with Crippen LogP contribution >= 0.6 is 24.0 Å². The van der Waals surface area contributed by atoms with Gasteiger partial charge in [-0.25, -0.2) is 8.42 Å². The molecule has 0 amide bonds. The second-order valence-electron chi connectivity index (χ2n) is 6.20. The van der Waals surface area contributed by atoms with Crippen LogP contribution in [0.1, 0.15) is 33.1 Å². The van der Waals surface area contributed by atoms with Crippen LogP contribution in [0.25, 0.3) is 0 Å². The summed E-state index contributed by atoms with van der Waals surface area (Å²) in [6.07, 6.45) is 1.68. The number of nitrogens with one attached hydrogen (secondary N) is 2. The molecule has 0 aromatic rings. The molecule has 0 aromatic heterocycles. The summed E-state index contributed by atoms with van der Waals surface area (Å²) in [4.78, 5) is 6.43. The number of guanidine groups is 1. The number of rotatable bonds is 8. The van der Waals surface area contributed by atoms with Crippen molar-refractivity contribution in [2.45, 2.75) is 44.7 Å². The van der Waals surface area contributed by atoms with Gasteiger partial charge < -0.3 is 15.5 Å². The molecule has 0 aromatic carbocycles. The number of likely N-dealkylation sites (N-methyl/N-ethyl adjacent to an activating group) is 1. The lowest BCUT2D eigenvalue weighted by Crippen LogP contribution is -2.52. The van der Waals surface area contributed by atoms with Crippen molar-refractivity contribution >= 4 is 40.0 Å². The van der Waals surface area contributed by atoms with Gasteiger partial charge in [0, 0.05) is 39.3 Å². The van der Waals surface area contributed by atoms with Crippen LogP contribution in [0.15, 0.2) is 4.99 Å². The van der Waals surface area contributed by atoms with Gasteiger partial charge in [0.05, 0.1) is 0 Å². The van der Waals surface area contributed by atoms with E-state index >= 15 is 0 Å². The summed E-state index contributed by atoms with van der Waals surface area (Å²) < 4.78 is 61.1. The van der Waals surface area contributed by atoms with Gasteiger partial charge in [0.2, 0.25) is 0 Å². The fourth-order valence-electron chi connectivity index (χ4n) is 2.85. The Balaban J connectivity index is 0.00000676. The van der Waals surface area contributed by atoms with Crippen LogP contribution < -0.4 is 10.6 Å². The molecule has 0 spiro atoms. The summed E-state index contributed by atoms with van der Waals surface area (Å²) in [7, 11) is -3.61. The van der Waals surface area contributed by atoms with Gasteiger partial charge in [-0.2, -0.15) is 17.5 Å². The predicted molar refractivity (Wildman–Crippen MR) is 112 cm³/mol. The van der Waals surface area contributed by atoms with E-state index in [1.807, 2.05) is 0 Å². The summed E-state index contributed by atoms with van der Waals surface area (Å²) in [5, 5.41) is 6.35. The molecule has 1 saturated heterocycles. The average Bonchev–Trinajstić information content (AvgIpc) is 2.59. The van der Waals surface area contributed by atoms with Crippen molar-refractivity contribution in [3.8, 4) is 0 Å². The monoisotopic (exact) mass is 529 g/mol. The SMILES string of the molecule is CCCN(CC)CCNC(=NC)NC1CCN(S(=O)(=O)C(F)(F)F)CC1.I. The van der Waals surface area contributed by atoms with Crippen molar-refractivity contribution < 1.29 is 21.6 Å². The third-order valence-corrected chi connectivity index (χ3v) is 5.99. The number of nitrogens with zero attached hydrogens (tertiary/aromatic N) is 3. The molecule has 162 valence electrons. The van der Waals surface area contributed by atoms with E-state index in [1.54, 1.807) is 7.05 Å². The first-order valence-corrected chi connectivity index (χ1v) is 10.4. The second-order valence-corrected chi connectivity index (χ2v) is 8.13. The molecule has 0 radical (unpaired) electrons. The van der Waals surface area contributed by atoms with Crippen LogP contribution in [0.2, 0.25) is 0 Å². The molecular weight excluding hydrogens is 498 g/mol. The highest BCUT2D eigenvalue weighted by Crippen LogP contribution is 2.28. The van der Waals surface area contributed by atoms with Gasteiger partial charge in [0.15, 0.2) is 5.96 Å². The van der Waals surface area contributed by atoms with Gasteiger partial charge >= 0.3 is 15.5 Å². The fourth-order valence-corrected chi connectivity index (χ4v) is 3.84. The fraction of sp³-hybridized carbons (Fsp3) is 0.933. The minimum atomic E-state index is -5.24. The third kappa shape index (κ3) is 8.28. The Labute approximate surface area is 177 Å². The lowest BCUT2D eigenvalue weighted by Gasteiger charge is -2.32. The molecule has 0 aliphatic carbocycles. The Hall–Kier alpha value is -0.340. The van der Waals surface area contributed by atoms with Crippen LogP contribution in [-0.2, 0) is 10.0 Å². The maximum Gasteiger partial charge on any atom is 0.511 e. The van der Waals surface area contributed by atoms with Gasteiger partial charge in [0.25, 0.3) is 0 Å². The number of sulfonamides is 1. The zero-order chi connectivity index (χ0) is 19.8. The highest BCUT2D eigenvalue weighted by molar-refractivity contribution is 14.0. The normalized spacial score (nSPS) is 17.7. The van der Waals surface area contributed by atoms with Crippen molar-refractivity contribution in [1.82, 2.24) is 19.8 Å². The molecular formula is C15H31F3IN5O2S. The van der Waals surface area contributed by atoms with Crippen LogP contribution in [0, 0.1) is 0 Å². The van der Waals surface area contributed by atoms with Gasteiger partial charge in [-0.05, 0) is 32.4 Å². The van der Waals surface area contributed by atoms with Crippen molar-refractivity contribution in [3.63, 3.8) is 0 Å². The van der Waals surface area contributed by atoms with Gasteiger partial charge in [0.1, 0.15) is 0 Å². The van der Waals surface area contributed by atoms with Gasteiger partial charge in [-0.3, -0.25) is 4.99 Å². The van der Waals surface area contributed by atoms with E-state index in [-0.39, 0.29) is 43.1 Å². The topological polar surface area (TPSA) is 77.0 Å². The molecule has 0 bridgehead atoms. The number of alkyl halides is 3. The van der Waals surface area contributed by atoms with E-state index in [1.165, 1.54) is 0 Å². The van der Waals surface area contributed by atoms with Crippen molar-refractivity contribution in [3.05, 3.63) is 0 Å². The minimum Gasteiger partial charge on any atom is -0.355 e. The lowest BCUT2D eigenvalue weighted by molar-refractivity contribution is -0.0494. The van der Waals surface area contributed by atoms with Crippen molar-refractivity contribution in [2.75, 3.05) is 46.3 Å². The van der Waals surface area contributed by atoms with Crippen LogP contribution in [0.3, 0.4) is 0 Å². The largest absolute Gasteiger partial charge is 0.511 e. The van der Waals surface area contributed by atoms with E-state index in [4.69, 9.17) is 0 Å².